The van der Waals surface area contributed by atoms with Crippen LogP contribution in [-0.2, 0) is 0 Å². The van der Waals surface area contributed by atoms with Crippen LogP contribution in [-0.4, -0.2) is 38.3 Å². The first-order chi connectivity index (χ1) is 14.7. The molecule has 0 radical (unpaired) electrons. The van der Waals surface area contributed by atoms with Gasteiger partial charge in [0.1, 0.15) is 5.75 Å². The SMILES string of the molecule is Cc1cc(-c2ccnc(Nc3nccs3)n2)ccc1OC[C@@H](C)CC(C)(C)NC(=O)O. The molecule has 2 aromatic heterocycles. The van der Waals surface area contributed by atoms with Crippen LogP contribution in [0.1, 0.15) is 32.8 Å². The molecule has 164 valence electrons. The standard InChI is InChI=1S/C22H27N5O3S/c1-14(12-22(3,4)27-21(28)29)13-30-18-6-5-16(11-15(18)2)17-7-8-23-19(25-17)26-20-24-9-10-31-20/h5-11,14,27H,12-13H2,1-4H3,(H,28,29)(H,23,24,25,26)/t14-/m0/s1. The molecular formula is C22H27N5O3S. The molecule has 0 aliphatic heterocycles. The minimum absolute atomic E-state index is 0.183. The summed E-state index contributed by atoms with van der Waals surface area (Å²) in [6.45, 7) is 8.29. The van der Waals surface area contributed by atoms with Gasteiger partial charge in [0.05, 0.1) is 12.3 Å². The van der Waals surface area contributed by atoms with Crippen LogP contribution in [0.5, 0.6) is 5.75 Å². The quantitative estimate of drug-likeness (QED) is 0.424. The van der Waals surface area contributed by atoms with Crippen molar-refractivity contribution in [2.24, 2.45) is 5.92 Å². The van der Waals surface area contributed by atoms with Crippen LogP contribution in [0.3, 0.4) is 0 Å². The van der Waals surface area contributed by atoms with E-state index in [9.17, 15) is 4.79 Å². The Morgan fingerprint density at radius 1 is 1.26 bits per heavy atom. The summed E-state index contributed by atoms with van der Waals surface area (Å²) < 4.78 is 6.01. The van der Waals surface area contributed by atoms with Gasteiger partial charge in [0.25, 0.3) is 0 Å². The summed E-state index contributed by atoms with van der Waals surface area (Å²) >= 11 is 1.49. The zero-order chi connectivity index (χ0) is 22.4. The number of hydrogen-bond acceptors (Lipinski definition) is 7. The number of amides is 1. The van der Waals surface area contributed by atoms with Gasteiger partial charge >= 0.3 is 6.09 Å². The lowest BCUT2D eigenvalue weighted by Crippen LogP contribution is -2.44. The number of aromatic nitrogens is 3. The predicted octanol–water partition coefficient (Wildman–Crippen LogP) is 5.10. The lowest BCUT2D eigenvalue weighted by Gasteiger charge is -2.28. The fourth-order valence-electron chi connectivity index (χ4n) is 3.43. The highest BCUT2D eigenvalue weighted by Crippen LogP contribution is 2.27. The van der Waals surface area contributed by atoms with Crippen LogP contribution >= 0.6 is 11.3 Å². The number of rotatable bonds is 9. The number of hydrogen-bond donors (Lipinski definition) is 3. The number of anilines is 2. The maximum absolute atomic E-state index is 10.9. The van der Waals surface area contributed by atoms with Crippen molar-refractivity contribution in [1.82, 2.24) is 20.3 Å². The minimum Gasteiger partial charge on any atom is -0.493 e. The number of ether oxygens (including phenoxy) is 1. The molecule has 8 nitrogen and oxygen atoms in total. The normalized spacial score (nSPS) is 12.3. The summed E-state index contributed by atoms with van der Waals surface area (Å²) in [6, 6.07) is 7.81. The van der Waals surface area contributed by atoms with E-state index in [2.05, 4.69) is 25.6 Å². The highest BCUT2D eigenvalue weighted by atomic mass is 32.1. The molecule has 0 aliphatic carbocycles. The van der Waals surface area contributed by atoms with Gasteiger partial charge in [-0.25, -0.2) is 19.7 Å². The van der Waals surface area contributed by atoms with Crippen molar-refractivity contribution in [2.75, 3.05) is 11.9 Å². The summed E-state index contributed by atoms with van der Waals surface area (Å²) in [5, 5.41) is 17.2. The Balaban J connectivity index is 1.63. The largest absolute Gasteiger partial charge is 0.493 e. The van der Waals surface area contributed by atoms with Gasteiger partial charge in [-0.1, -0.05) is 6.92 Å². The molecule has 31 heavy (non-hydrogen) atoms. The van der Waals surface area contributed by atoms with Crippen molar-refractivity contribution in [2.45, 2.75) is 39.7 Å². The van der Waals surface area contributed by atoms with Crippen molar-refractivity contribution in [3.63, 3.8) is 0 Å². The minimum atomic E-state index is -1.01. The number of aryl methyl sites for hydroxylation is 1. The van der Waals surface area contributed by atoms with Crippen molar-refractivity contribution in [3.05, 3.63) is 47.6 Å². The van der Waals surface area contributed by atoms with Gasteiger partial charge in [-0.05, 0) is 62.9 Å². The van der Waals surface area contributed by atoms with E-state index in [1.54, 1.807) is 12.4 Å². The number of carbonyl (C=O) groups is 1. The molecule has 0 unspecified atom stereocenters. The molecule has 1 atom stereocenters. The number of nitrogens with zero attached hydrogens (tertiary/aromatic N) is 3. The Morgan fingerprint density at radius 2 is 2.06 bits per heavy atom. The van der Waals surface area contributed by atoms with Gasteiger partial charge in [0.2, 0.25) is 5.95 Å². The van der Waals surface area contributed by atoms with Crippen LogP contribution in [0.2, 0.25) is 0 Å². The molecule has 9 heteroatoms. The summed E-state index contributed by atoms with van der Waals surface area (Å²) in [5.74, 6) is 1.48. The van der Waals surface area contributed by atoms with Crippen molar-refractivity contribution >= 4 is 28.5 Å². The second-order valence-corrected chi connectivity index (χ2v) is 9.04. The van der Waals surface area contributed by atoms with Crippen LogP contribution in [0, 0.1) is 12.8 Å². The monoisotopic (exact) mass is 441 g/mol. The van der Waals surface area contributed by atoms with E-state index in [0.29, 0.717) is 19.0 Å². The van der Waals surface area contributed by atoms with Crippen LogP contribution in [0.4, 0.5) is 15.9 Å². The Bertz CT molecular complexity index is 1020. The van der Waals surface area contributed by atoms with Crippen molar-refractivity contribution < 1.29 is 14.6 Å². The first-order valence-electron chi connectivity index (χ1n) is 9.96. The molecule has 0 bridgehead atoms. The van der Waals surface area contributed by atoms with Gasteiger partial charge in [0.15, 0.2) is 5.13 Å². The molecular weight excluding hydrogens is 414 g/mol. The van der Waals surface area contributed by atoms with Crippen molar-refractivity contribution in [1.29, 1.82) is 0 Å². The van der Waals surface area contributed by atoms with Gasteiger partial charge in [-0.3, -0.25) is 0 Å². The zero-order valence-corrected chi connectivity index (χ0v) is 18.9. The van der Waals surface area contributed by atoms with E-state index in [1.807, 2.05) is 57.3 Å². The maximum Gasteiger partial charge on any atom is 0.405 e. The topological polar surface area (TPSA) is 109 Å². The average molecular weight is 442 g/mol. The molecule has 3 aromatic rings. The van der Waals surface area contributed by atoms with E-state index < -0.39 is 11.6 Å². The van der Waals surface area contributed by atoms with E-state index in [4.69, 9.17) is 9.84 Å². The second-order valence-electron chi connectivity index (χ2n) is 8.14. The third-order valence-electron chi connectivity index (χ3n) is 4.60. The highest BCUT2D eigenvalue weighted by molar-refractivity contribution is 7.13. The van der Waals surface area contributed by atoms with E-state index in [-0.39, 0.29) is 5.92 Å². The van der Waals surface area contributed by atoms with E-state index in [1.165, 1.54) is 11.3 Å². The zero-order valence-electron chi connectivity index (χ0n) is 18.0. The summed E-state index contributed by atoms with van der Waals surface area (Å²) in [6.07, 6.45) is 3.10. The smallest absolute Gasteiger partial charge is 0.405 e. The van der Waals surface area contributed by atoms with Gasteiger partial charge in [-0.2, -0.15) is 0 Å². The fourth-order valence-corrected chi connectivity index (χ4v) is 3.96. The Morgan fingerprint density at radius 3 is 2.74 bits per heavy atom. The maximum atomic E-state index is 10.9. The lowest BCUT2D eigenvalue weighted by atomic mass is 9.92. The molecule has 1 aromatic carbocycles. The number of thiazole rings is 1. The van der Waals surface area contributed by atoms with Crippen molar-refractivity contribution in [3.8, 4) is 17.0 Å². The Hall–Kier alpha value is -3.20. The number of carboxylic acid groups (broad SMARTS) is 1. The summed E-state index contributed by atoms with van der Waals surface area (Å²) in [7, 11) is 0. The number of benzene rings is 1. The van der Waals surface area contributed by atoms with Crippen LogP contribution in [0.25, 0.3) is 11.3 Å². The predicted molar refractivity (Wildman–Crippen MR) is 122 cm³/mol. The van der Waals surface area contributed by atoms with E-state index >= 15 is 0 Å². The molecule has 1 amide bonds. The lowest BCUT2D eigenvalue weighted by molar-refractivity contribution is 0.169. The van der Waals surface area contributed by atoms with Crippen LogP contribution < -0.4 is 15.4 Å². The Kier molecular flexibility index (Phi) is 7.06. The first kappa shape index (κ1) is 22.5. The first-order valence-corrected chi connectivity index (χ1v) is 10.8. The molecule has 0 aliphatic rings. The molecule has 3 rings (SSSR count). The third-order valence-corrected chi connectivity index (χ3v) is 5.29. The molecule has 0 saturated heterocycles. The second kappa shape index (κ2) is 9.74. The molecule has 0 saturated carbocycles. The van der Waals surface area contributed by atoms with Gasteiger partial charge in [0, 0.05) is 28.9 Å². The van der Waals surface area contributed by atoms with Gasteiger partial charge in [-0.15, -0.1) is 11.3 Å². The molecule has 2 heterocycles. The molecule has 0 fully saturated rings. The Labute approximate surface area is 185 Å². The third kappa shape index (κ3) is 6.65. The van der Waals surface area contributed by atoms with Gasteiger partial charge < -0.3 is 20.5 Å². The summed E-state index contributed by atoms with van der Waals surface area (Å²) in [4.78, 5) is 23.9. The molecule has 3 N–H and O–H groups in total. The highest BCUT2D eigenvalue weighted by Gasteiger charge is 2.23. The average Bonchev–Trinajstić information content (AvgIpc) is 3.18. The van der Waals surface area contributed by atoms with Crippen LogP contribution in [0.15, 0.2) is 42.0 Å². The summed E-state index contributed by atoms with van der Waals surface area (Å²) in [5.41, 5.74) is 2.26. The van der Waals surface area contributed by atoms with E-state index in [0.717, 1.165) is 27.7 Å². The molecule has 0 spiro atoms. The fraction of sp³-hybridized carbons (Fsp3) is 0.364. The number of nitrogens with one attached hydrogen (secondary N) is 2.